The predicted molar refractivity (Wildman–Crippen MR) is 64.4 cm³/mol. The molecular weight excluding hydrogens is 260 g/mol. The Hall–Kier alpha value is -3.00. The zero-order valence-corrected chi connectivity index (χ0v) is 12.0. The van der Waals surface area contributed by atoms with Gasteiger partial charge in [-0.05, 0) is 0 Å². The van der Waals surface area contributed by atoms with Gasteiger partial charge in [0.15, 0.2) is 0 Å². The first kappa shape index (κ1) is 19.3. The first-order valence-corrected chi connectivity index (χ1v) is 5.38. The van der Waals surface area contributed by atoms with Gasteiger partial charge in [0, 0.05) is 12.5 Å². The Balaban J connectivity index is 0. The normalized spacial score (nSPS) is 7.30. The largest absolute Gasteiger partial charge is 0.812 e. The van der Waals surface area contributed by atoms with Crippen molar-refractivity contribution in [2.24, 2.45) is 28.2 Å². The predicted octanol–water partition coefficient (Wildman–Crippen LogP) is -2.65. The number of hydrogen-bond donors (Lipinski definition) is 0. The minimum absolute atomic E-state index is 0.500. The van der Waals surface area contributed by atoms with Crippen LogP contribution in [0.1, 0.15) is 0 Å². The molecule has 0 unspecified atom stereocenters. The van der Waals surface area contributed by atoms with Gasteiger partial charge < -0.3 is 10.2 Å². The van der Waals surface area contributed by atoms with Gasteiger partial charge in [-0.2, -0.15) is 0 Å². The van der Waals surface area contributed by atoms with Crippen LogP contribution in [0.3, 0.4) is 0 Å². The van der Waals surface area contributed by atoms with E-state index in [4.69, 9.17) is 20.7 Å². The average molecular weight is 278 g/mol. The third-order valence-electron chi connectivity index (χ3n) is 1.80. The number of aromatic nitrogens is 4. The highest BCUT2D eigenvalue weighted by Crippen LogP contribution is 1.71. The summed E-state index contributed by atoms with van der Waals surface area (Å²) in [5, 5.41) is 30.0. The highest BCUT2D eigenvalue weighted by Gasteiger charge is 1.88. The van der Waals surface area contributed by atoms with Crippen molar-refractivity contribution < 1.29 is 19.3 Å². The summed E-state index contributed by atoms with van der Waals surface area (Å²) in [6.45, 7) is 0. The first-order valence-electron chi connectivity index (χ1n) is 5.38. The molecule has 20 heavy (non-hydrogen) atoms. The zero-order chi connectivity index (χ0) is 16.0. The second-order valence-electron chi connectivity index (χ2n) is 3.67. The third kappa shape index (κ3) is 13.1. The van der Waals surface area contributed by atoms with Crippen molar-refractivity contribution in [3.8, 4) is 12.5 Å². The molecule has 0 amide bonds. The number of nitrogens with zero attached hydrogens (tertiary/aromatic N) is 6. The fourth-order valence-electron chi connectivity index (χ4n) is 1.15. The van der Waals surface area contributed by atoms with Gasteiger partial charge in [0.05, 0.1) is 28.2 Å². The van der Waals surface area contributed by atoms with Crippen molar-refractivity contribution in [2.45, 2.75) is 0 Å². The highest BCUT2D eigenvalue weighted by atomic mass is 16.2. The van der Waals surface area contributed by atoms with Crippen molar-refractivity contribution in [3.05, 3.63) is 37.4 Å². The van der Waals surface area contributed by atoms with E-state index in [1.54, 1.807) is 0 Å². The standard InChI is InChI=1S/2C5H9N2.2CHNO/c2*1-6-3-4-7(2)5-6;2*2-1-3/h2*3-5H,1-2H3;2*3H/q2*+1;;/p-2. The fourth-order valence-corrected chi connectivity index (χ4v) is 1.15. The lowest BCUT2D eigenvalue weighted by Crippen LogP contribution is -2.23. The molecule has 0 spiro atoms. The van der Waals surface area contributed by atoms with Crippen LogP contribution in [0, 0.1) is 23.0 Å². The van der Waals surface area contributed by atoms with Gasteiger partial charge in [0.1, 0.15) is 24.8 Å². The van der Waals surface area contributed by atoms with Gasteiger partial charge in [0.25, 0.3) is 0 Å². The molecule has 0 radical (unpaired) electrons. The molecule has 0 bridgehead atoms. The van der Waals surface area contributed by atoms with E-state index in [2.05, 4.69) is 0 Å². The van der Waals surface area contributed by atoms with Gasteiger partial charge in [-0.15, -0.1) is 0 Å². The Morgan fingerprint density at radius 1 is 0.850 bits per heavy atom. The van der Waals surface area contributed by atoms with Crippen molar-refractivity contribution in [1.82, 2.24) is 9.13 Å². The maximum absolute atomic E-state index is 8.24. The second kappa shape index (κ2) is 12.5. The lowest BCUT2D eigenvalue weighted by atomic mass is 10.9. The lowest BCUT2D eigenvalue weighted by Gasteiger charge is -1.72. The molecule has 0 N–H and O–H groups in total. The van der Waals surface area contributed by atoms with Gasteiger partial charge in [0.2, 0.25) is 12.7 Å². The average Bonchev–Trinajstić information content (AvgIpc) is 2.90. The molecule has 2 rings (SSSR count). The van der Waals surface area contributed by atoms with E-state index in [-0.39, 0.29) is 0 Å². The molecule has 0 atom stereocenters. The minimum Gasteiger partial charge on any atom is -0.812 e. The summed E-state index contributed by atoms with van der Waals surface area (Å²) in [6, 6.07) is 0. The van der Waals surface area contributed by atoms with Crippen LogP contribution in [0.5, 0.6) is 0 Å². The number of aryl methyl sites for hydroxylation is 4. The summed E-state index contributed by atoms with van der Waals surface area (Å²) < 4.78 is 8.00. The Labute approximate surface area is 118 Å². The smallest absolute Gasteiger partial charge is 0.243 e. The van der Waals surface area contributed by atoms with Crippen molar-refractivity contribution >= 4 is 0 Å². The molecule has 0 saturated heterocycles. The van der Waals surface area contributed by atoms with E-state index in [9.17, 15) is 0 Å². The quantitative estimate of drug-likeness (QED) is 0.387. The Morgan fingerprint density at radius 3 is 1.15 bits per heavy atom. The Kier molecular flexibility index (Phi) is 12.0. The van der Waals surface area contributed by atoms with Gasteiger partial charge >= 0.3 is 0 Å². The summed E-state index contributed by atoms with van der Waals surface area (Å²) in [6.07, 6.45) is 13.0. The van der Waals surface area contributed by atoms with Crippen molar-refractivity contribution in [1.29, 1.82) is 10.5 Å². The number of nitriles is 2. The van der Waals surface area contributed by atoms with E-state index in [1.807, 2.05) is 83.9 Å². The van der Waals surface area contributed by atoms with Crippen LogP contribution in [0.25, 0.3) is 0 Å². The molecule has 0 aliphatic heterocycles. The molecule has 0 fully saturated rings. The van der Waals surface area contributed by atoms with Crippen molar-refractivity contribution in [2.75, 3.05) is 0 Å². The molecule has 8 nitrogen and oxygen atoms in total. The molecule has 0 aliphatic carbocycles. The third-order valence-corrected chi connectivity index (χ3v) is 1.80. The SMILES string of the molecule is Cn1cc[n+](C)c1.Cn1cc[n+](C)c1.N#C[O-].N#C[O-]. The topological polar surface area (TPSA) is 111 Å². The van der Waals surface area contributed by atoms with Crippen LogP contribution in [-0.4, -0.2) is 9.13 Å². The fraction of sp³-hybridized carbons (Fsp3) is 0.333. The maximum Gasteiger partial charge on any atom is 0.243 e. The minimum atomic E-state index is 0.500. The van der Waals surface area contributed by atoms with Crippen LogP contribution < -0.4 is 19.3 Å². The monoisotopic (exact) mass is 278 g/mol. The first-order chi connectivity index (χ1) is 9.40. The summed E-state index contributed by atoms with van der Waals surface area (Å²) in [7, 11) is 8.00. The summed E-state index contributed by atoms with van der Waals surface area (Å²) in [5.41, 5.74) is 0. The molecule has 0 aromatic carbocycles. The Bertz CT molecular complexity index is 464. The number of imidazole rings is 2. The van der Waals surface area contributed by atoms with E-state index >= 15 is 0 Å². The molecular formula is C12H18N6O2. The molecule has 0 saturated carbocycles. The molecule has 2 aromatic rings. The molecule has 108 valence electrons. The molecule has 2 heterocycles. The number of rotatable bonds is 0. The maximum atomic E-state index is 8.24. The number of hydrogen-bond acceptors (Lipinski definition) is 4. The van der Waals surface area contributed by atoms with E-state index < -0.39 is 0 Å². The molecule has 0 aliphatic rings. The molecule has 8 heteroatoms. The zero-order valence-electron chi connectivity index (χ0n) is 12.0. The highest BCUT2D eigenvalue weighted by molar-refractivity contribution is 4.61. The summed E-state index contributed by atoms with van der Waals surface area (Å²) >= 11 is 0. The summed E-state index contributed by atoms with van der Waals surface area (Å²) in [5.74, 6) is 0. The summed E-state index contributed by atoms with van der Waals surface area (Å²) in [4.78, 5) is 0. The van der Waals surface area contributed by atoms with Crippen LogP contribution in [-0.2, 0) is 28.2 Å². The van der Waals surface area contributed by atoms with Gasteiger partial charge in [-0.1, -0.05) is 0 Å². The van der Waals surface area contributed by atoms with Crippen LogP contribution in [0.15, 0.2) is 37.4 Å². The lowest BCUT2D eigenvalue weighted by molar-refractivity contribution is -0.671. The second-order valence-corrected chi connectivity index (χ2v) is 3.67. The van der Waals surface area contributed by atoms with E-state index in [0.717, 1.165) is 0 Å². The van der Waals surface area contributed by atoms with Crippen molar-refractivity contribution in [3.63, 3.8) is 0 Å². The van der Waals surface area contributed by atoms with Gasteiger partial charge in [-0.25, -0.2) is 28.8 Å². The molecule has 2 aromatic heterocycles. The van der Waals surface area contributed by atoms with Gasteiger partial charge in [-0.3, -0.25) is 0 Å². The van der Waals surface area contributed by atoms with Crippen LogP contribution >= 0.6 is 0 Å². The van der Waals surface area contributed by atoms with E-state index in [0.29, 0.717) is 12.5 Å². The van der Waals surface area contributed by atoms with Crippen LogP contribution in [0.2, 0.25) is 0 Å². The Morgan fingerprint density at radius 2 is 1.10 bits per heavy atom. The van der Waals surface area contributed by atoms with E-state index in [1.165, 1.54) is 0 Å². The van der Waals surface area contributed by atoms with Crippen LogP contribution in [0.4, 0.5) is 0 Å².